The van der Waals surface area contributed by atoms with E-state index in [0.29, 0.717) is 4.90 Å². The minimum Gasteiger partial charge on any atom is -0.288 e. The topological polar surface area (TPSA) is 61.8 Å². The lowest BCUT2D eigenvalue weighted by molar-refractivity contribution is -0.172. The van der Waals surface area contributed by atoms with Crippen molar-refractivity contribution in [2.45, 2.75) is 30.0 Å². The summed E-state index contributed by atoms with van der Waals surface area (Å²) in [7, 11) is -8.87. The van der Waals surface area contributed by atoms with E-state index in [0.717, 1.165) is 37.4 Å². The molecule has 0 saturated carbocycles. The van der Waals surface area contributed by atoms with Gasteiger partial charge in [0.1, 0.15) is 10.7 Å². The summed E-state index contributed by atoms with van der Waals surface area (Å²) in [6.07, 6.45) is -5.83. The van der Waals surface area contributed by atoms with Gasteiger partial charge in [-0.25, -0.2) is 9.38 Å². The second kappa shape index (κ2) is 7.38. The lowest BCUT2D eigenvalue weighted by atomic mass is 9.85. The predicted molar refractivity (Wildman–Crippen MR) is 110 cm³/mol. The molecule has 0 fully saturated rings. The third kappa shape index (κ3) is 5.55. The number of hydrogen-bond donors (Lipinski definition) is 1. The molecule has 2 aromatic carbocycles. The van der Waals surface area contributed by atoms with E-state index in [9.17, 15) is 46.6 Å². The van der Waals surface area contributed by atoms with Gasteiger partial charge in [0.05, 0.1) is 12.0 Å². The number of aliphatic imine (C=N–C) groups is 1. The Balaban J connectivity index is 2.06. The standard InChI is InChI=1S/C20H16F9N3O2S/c1-19(10-16(33)32(2)18(31-19)30-17(34)20(22,23)24)14-9-12(5-8-15(14)21)11-3-6-13(7-4-11)35(25,26,27,28)29/h3-9H,10H2,1-2H3,(H,30,31,34)/t19-/m0/s1. The molecule has 2 aromatic rings. The van der Waals surface area contributed by atoms with Crippen molar-refractivity contribution < 1.29 is 46.6 Å². The van der Waals surface area contributed by atoms with Gasteiger partial charge in [0, 0.05) is 12.6 Å². The van der Waals surface area contributed by atoms with E-state index in [4.69, 9.17) is 0 Å². The summed E-state index contributed by atoms with van der Waals surface area (Å²) in [5.41, 5.74) is -2.11. The van der Waals surface area contributed by atoms with E-state index in [-0.39, 0.29) is 28.8 Å². The van der Waals surface area contributed by atoms with Crippen molar-refractivity contribution in [3.8, 4) is 11.1 Å². The summed E-state index contributed by atoms with van der Waals surface area (Å²) in [6, 6.07) is 4.91. The monoisotopic (exact) mass is 533 g/mol. The Morgan fingerprint density at radius 2 is 1.57 bits per heavy atom. The zero-order chi connectivity index (χ0) is 26.7. The molecule has 5 nitrogen and oxygen atoms in total. The van der Waals surface area contributed by atoms with Crippen LogP contribution < -0.4 is 5.32 Å². The molecule has 0 bridgehead atoms. The van der Waals surface area contributed by atoms with Crippen LogP contribution in [-0.4, -0.2) is 35.9 Å². The molecule has 15 heteroatoms. The van der Waals surface area contributed by atoms with Gasteiger partial charge in [0.25, 0.3) is 0 Å². The van der Waals surface area contributed by atoms with Crippen LogP contribution in [-0.2, 0) is 15.1 Å². The largest absolute Gasteiger partial charge is 0.471 e. The fraction of sp³-hybridized carbons (Fsp3) is 0.250. The zero-order valence-electron chi connectivity index (χ0n) is 17.8. The van der Waals surface area contributed by atoms with Gasteiger partial charge < -0.3 is 0 Å². The molecule has 1 atom stereocenters. The van der Waals surface area contributed by atoms with Crippen LogP contribution in [0.4, 0.5) is 37.0 Å². The Morgan fingerprint density at radius 3 is 2.09 bits per heavy atom. The van der Waals surface area contributed by atoms with Crippen molar-refractivity contribution in [3.05, 3.63) is 53.8 Å². The van der Waals surface area contributed by atoms with Gasteiger partial charge in [0.2, 0.25) is 11.9 Å². The molecular formula is C20H16F9N3O2S. The fourth-order valence-corrected chi connectivity index (χ4v) is 3.99. The molecule has 2 amide bonds. The SMILES string of the molecule is CN1C(=O)C[C@@](C)(c2cc(-c3ccc(S(F)(F)(F)(F)F)cc3)ccc2F)N=C1NC(=O)C(F)(F)F. The predicted octanol–water partition coefficient (Wildman–Crippen LogP) is 6.26. The summed E-state index contributed by atoms with van der Waals surface area (Å²) in [4.78, 5) is 26.2. The number of hydrogen-bond acceptors (Lipinski definition) is 3. The maximum Gasteiger partial charge on any atom is 0.471 e. The molecule has 3 rings (SSSR count). The molecule has 0 radical (unpaired) electrons. The minimum atomic E-state index is -9.91. The third-order valence-corrected chi connectivity index (χ3v) is 6.37. The third-order valence-electron chi connectivity index (χ3n) is 5.20. The number of guanidine groups is 1. The number of carbonyl (C=O) groups excluding carboxylic acids is 2. The molecule has 1 aliphatic heterocycles. The highest BCUT2D eigenvalue weighted by Gasteiger charge is 2.65. The Labute approximate surface area is 192 Å². The number of nitrogens with one attached hydrogen (secondary N) is 1. The summed E-state index contributed by atoms with van der Waals surface area (Å²) in [5, 5.41) is 1.45. The van der Waals surface area contributed by atoms with E-state index in [1.165, 1.54) is 12.2 Å². The highest BCUT2D eigenvalue weighted by Crippen LogP contribution is 3.02. The first-order valence-corrected chi connectivity index (χ1v) is 11.4. The second-order valence-electron chi connectivity index (χ2n) is 7.98. The first-order chi connectivity index (χ1) is 15.6. The number of alkyl halides is 3. The normalized spacial score (nSPS) is 21.2. The molecule has 0 aliphatic carbocycles. The van der Waals surface area contributed by atoms with Crippen molar-refractivity contribution in [1.29, 1.82) is 0 Å². The van der Waals surface area contributed by atoms with E-state index >= 15 is 0 Å². The van der Waals surface area contributed by atoms with Crippen molar-refractivity contribution in [3.63, 3.8) is 0 Å². The summed E-state index contributed by atoms with van der Waals surface area (Å²) in [6.45, 7) is 1.21. The van der Waals surface area contributed by atoms with Crippen molar-refractivity contribution in [2.24, 2.45) is 4.99 Å². The van der Waals surface area contributed by atoms with Crippen LogP contribution in [0.3, 0.4) is 0 Å². The Kier molecular flexibility index (Phi) is 5.56. The van der Waals surface area contributed by atoms with Crippen LogP contribution in [0.15, 0.2) is 52.4 Å². The maximum absolute atomic E-state index is 14.7. The van der Waals surface area contributed by atoms with Gasteiger partial charge in [-0.2, -0.15) is 13.2 Å². The zero-order valence-corrected chi connectivity index (χ0v) is 18.6. The first-order valence-electron chi connectivity index (χ1n) is 9.50. The molecule has 1 N–H and O–H groups in total. The molecular weight excluding hydrogens is 517 g/mol. The maximum atomic E-state index is 14.7. The van der Waals surface area contributed by atoms with Gasteiger partial charge in [-0.15, -0.1) is 0 Å². The van der Waals surface area contributed by atoms with Crippen LogP contribution in [0.25, 0.3) is 11.1 Å². The van der Waals surface area contributed by atoms with E-state index < -0.39 is 56.8 Å². The van der Waals surface area contributed by atoms with Gasteiger partial charge in [-0.1, -0.05) is 37.6 Å². The average molecular weight is 533 g/mol. The molecule has 0 saturated heterocycles. The molecule has 0 aromatic heterocycles. The Bertz CT molecular complexity index is 1240. The second-order valence-corrected chi connectivity index (χ2v) is 10.4. The van der Waals surface area contributed by atoms with E-state index in [2.05, 4.69) is 4.99 Å². The minimum absolute atomic E-state index is 0.0192. The first kappa shape index (κ1) is 26.4. The van der Waals surface area contributed by atoms with Gasteiger partial charge >= 0.3 is 22.3 Å². The molecule has 192 valence electrons. The fourth-order valence-electron chi connectivity index (χ4n) is 3.34. The van der Waals surface area contributed by atoms with Crippen molar-refractivity contribution in [1.82, 2.24) is 10.2 Å². The van der Waals surface area contributed by atoms with Gasteiger partial charge in [0.15, 0.2) is 0 Å². The molecule has 35 heavy (non-hydrogen) atoms. The number of benzene rings is 2. The van der Waals surface area contributed by atoms with Crippen LogP contribution in [0.1, 0.15) is 18.9 Å². The Morgan fingerprint density at radius 1 is 1.03 bits per heavy atom. The number of nitrogens with zero attached hydrogens (tertiary/aromatic N) is 2. The summed E-state index contributed by atoms with van der Waals surface area (Å²) < 4.78 is 117. The summed E-state index contributed by atoms with van der Waals surface area (Å²) >= 11 is 0. The molecule has 0 unspecified atom stereocenters. The van der Waals surface area contributed by atoms with Crippen molar-refractivity contribution >= 4 is 28.0 Å². The highest BCUT2D eigenvalue weighted by atomic mass is 32.5. The number of rotatable bonds is 3. The average Bonchev–Trinajstić information content (AvgIpc) is 2.69. The smallest absolute Gasteiger partial charge is 0.288 e. The molecule has 1 aliphatic rings. The van der Waals surface area contributed by atoms with Crippen LogP contribution in [0.2, 0.25) is 0 Å². The highest BCUT2D eigenvalue weighted by molar-refractivity contribution is 8.45. The lowest BCUT2D eigenvalue weighted by Crippen LogP contribution is -2.53. The number of halogens is 9. The quantitative estimate of drug-likeness (QED) is 0.474. The van der Waals surface area contributed by atoms with Crippen molar-refractivity contribution in [2.75, 3.05) is 7.05 Å². The van der Waals surface area contributed by atoms with Crippen LogP contribution >= 0.6 is 10.2 Å². The molecule has 1 heterocycles. The lowest BCUT2D eigenvalue weighted by Gasteiger charge is -2.40. The number of carbonyl (C=O) groups is 2. The van der Waals surface area contributed by atoms with Gasteiger partial charge in [-0.3, -0.25) is 19.8 Å². The Hall–Kier alpha value is -3.23. The van der Waals surface area contributed by atoms with Crippen LogP contribution in [0.5, 0.6) is 0 Å². The van der Waals surface area contributed by atoms with Gasteiger partial charge in [-0.05, 0) is 42.3 Å². The number of amides is 2. The van der Waals surface area contributed by atoms with E-state index in [1.807, 2.05) is 0 Å². The van der Waals surface area contributed by atoms with Crippen LogP contribution in [0, 0.1) is 5.82 Å². The molecule has 0 spiro atoms. The summed E-state index contributed by atoms with van der Waals surface area (Å²) in [5.74, 6) is -4.98. The van der Waals surface area contributed by atoms with E-state index in [1.54, 1.807) is 0 Å².